The number of piperidine rings is 1. The lowest BCUT2D eigenvalue weighted by molar-refractivity contribution is -0.138. The van der Waals surface area contributed by atoms with E-state index in [9.17, 15) is 9.90 Å². The summed E-state index contributed by atoms with van der Waals surface area (Å²) in [4.78, 5) is 27.6. The molecule has 0 radical (unpaired) electrons. The van der Waals surface area contributed by atoms with Gasteiger partial charge in [0.25, 0.3) is 0 Å². The first-order chi connectivity index (χ1) is 17.7. The number of carboxylic acid groups (broad SMARTS) is 1. The first kappa shape index (κ1) is 24.9. The summed E-state index contributed by atoms with van der Waals surface area (Å²) in [6, 6.07) is 5.54. The number of rotatable bonds is 11. The molecule has 5 heterocycles. The fraction of sp³-hybridized carbons (Fsp3) is 0.538. The second kappa shape index (κ2) is 11.9. The van der Waals surface area contributed by atoms with Crippen molar-refractivity contribution in [2.45, 2.75) is 57.1 Å². The molecule has 2 aliphatic heterocycles. The summed E-state index contributed by atoms with van der Waals surface area (Å²) in [5.74, 6) is 0.729. The fourth-order valence-corrected chi connectivity index (χ4v) is 5.81. The van der Waals surface area contributed by atoms with Crippen LogP contribution >= 0.6 is 11.3 Å². The molecule has 192 valence electrons. The lowest BCUT2D eigenvalue weighted by atomic mass is 10.1. The number of thiophene rings is 1. The van der Waals surface area contributed by atoms with Crippen molar-refractivity contribution in [1.29, 1.82) is 0 Å². The van der Waals surface area contributed by atoms with E-state index in [4.69, 9.17) is 9.72 Å². The van der Waals surface area contributed by atoms with E-state index in [1.54, 1.807) is 0 Å². The van der Waals surface area contributed by atoms with E-state index in [0.29, 0.717) is 18.8 Å². The lowest BCUT2D eigenvalue weighted by Crippen LogP contribution is -2.41. The number of pyridine rings is 1. The third kappa shape index (κ3) is 6.29. The zero-order valence-corrected chi connectivity index (χ0v) is 21.3. The molecular formula is C26H34N6O3S. The number of aromatic nitrogens is 3. The Hall–Kier alpha value is -2.82. The van der Waals surface area contributed by atoms with E-state index in [1.807, 2.05) is 11.4 Å². The molecule has 9 nitrogen and oxygen atoms in total. The van der Waals surface area contributed by atoms with E-state index in [0.717, 1.165) is 80.0 Å². The molecule has 0 spiro atoms. The summed E-state index contributed by atoms with van der Waals surface area (Å²) in [7, 11) is 0. The van der Waals surface area contributed by atoms with E-state index >= 15 is 0 Å². The predicted octanol–water partition coefficient (Wildman–Crippen LogP) is 3.81. The van der Waals surface area contributed by atoms with Crippen LogP contribution in [-0.4, -0.2) is 75.9 Å². The number of anilines is 2. The van der Waals surface area contributed by atoms with Crippen LogP contribution < -0.4 is 10.6 Å². The highest BCUT2D eigenvalue weighted by Crippen LogP contribution is 2.26. The Balaban J connectivity index is 1.05. The average molecular weight is 511 g/mol. The van der Waals surface area contributed by atoms with E-state index < -0.39 is 12.0 Å². The second-order valence-corrected chi connectivity index (χ2v) is 10.5. The van der Waals surface area contributed by atoms with Crippen molar-refractivity contribution in [2.24, 2.45) is 0 Å². The number of nitrogens with one attached hydrogen (secondary N) is 2. The van der Waals surface area contributed by atoms with Gasteiger partial charge < -0.3 is 25.4 Å². The normalized spacial score (nSPS) is 18.9. The monoisotopic (exact) mass is 510 g/mol. The molecule has 0 saturated carbocycles. The number of carbonyl (C=O) groups is 1. The van der Waals surface area contributed by atoms with Gasteiger partial charge in [-0.05, 0) is 74.7 Å². The van der Waals surface area contributed by atoms with Crippen LogP contribution in [0.3, 0.4) is 0 Å². The molecule has 0 aromatic carbocycles. The highest BCUT2D eigenvalue weighted by atomic mass is 32.1. The first-order valence-corrected chi connectivity index (χ1v) is 13.8. The molecule has 2 aliphatic rings. The number of likely N-dealkylation sites (tertiary alicyclic amines) is 1. The van der Waals surface area contributed by atoms with Crippen LogP contribution in [0.15, 0.2) is 29.9 Å². The molecule has 3 aromatic heterocycles. The van der Waals surface area contributed by atoms with Gasteiger partial charge in [0.05, 0.1) is 16.3 Å². The van der Waals surface area contributed by atoms with Gasteiger partial charge in [0.15, 0.2) is 0 Å². The third-order valence-electron chi connectivity index (χ3n) is 6.93. The van der Waals surface area contributed by atoms with Crippen molar-refractivity contribution in [3.05, 3.63) is 41.2 Å². The maximum atomic E-state index is 11.9. The van der Waals surface area contributed by atoms with Crippen LogP contribution in [0.25, 0.3) is 10.2 Å². The summed E-state index contributed by atoms with van der Waals surface area (Å²) in [6.07, 6.45) is 8.44. The molecular weight excluding hydrogens is 476 g/mol. The van der Waals surface area contributed by atoms with Crippen molar-refractivity contribution in [3.63, 3.8) is 0 Å². The minimum atomic E-state index is -0.904. The Bertz CT molecular complexity index is 1170. The fourth-order valence-electron chi connectivity index (χ4n) is 5.01. The van der Waals surface area contributed by atoms with Crippen LogP contribution in [-0.2, 0) is 22.4 Å². The molecule has 0 aliphatic carbocycles. The Kier molecular flexibility index (Phi) is 8.25. The molecule has 0 bridgehead atoms. The van der Waals surface area contributed by atoms with Crippen molar-refractivity contribution in [2.75, 3.05) is 43.4 Å². The maximum absolute atomic E-state index is 11.9. The van der Waals surface area contributed by atoms with Crippen molar-refractivity contribution in [3.8, 4) is 0 Å². The minimum Gasteiger partial charge on any atom is -0.480 e. The molecule has 10 heteroatoms. The quantitative estimate of drug-likeness (QED) is 0.354. The van der Waals surface area contributed by atoms with Gasteiger partial charge in [-0.15, -0.1) is 11.3 Å². The molecule has 2 atom stereocenters. The number of hydrogen-bond acceptors (Lipinski definition) is 9. The van der Waals surface area contributed by atoms with Gasteiger partial charge in [0.1, 0.15) is 24.0 Å². The number of ether oxygens (including phenoxy) is 1. The molecule has 3 aromatic rings. The molecule has 1 saturated heterocycles. The molecule has 36 heavy (non-hydrogen) atoms. The Morgan fingerprint density at radius 1 is 1.31 bits per heavy atom. The molecule has 5 rings (SSSR count). The highest BCUT2D eigenvalue weighted by molar-refractivity contribution is 7.17. The van der Waals surface area contributed by atoms with Gasteiger partial charge >= 0.3 is 5.97 Å². The van der Waals surface area contributed by atoms with Gasteiger partial charge in [0.2, 0.25) is 0 Å². The maximum Gasteiger partial charge on any atom is 0.326 e. The van der Waals surface area contributed by atoms with Gasteiger partial charge in [0, 0.05) is 31.8 Å². The first-order valence-electron chi connectivity index (χ1n) is 12.9. The SMILES string of the molecule is O=C(O)[C@H](CCO[C@@H]1CCCN(CCCc2ccc3c(n2)NCCC3)C1)Nc1ncnc2ccsc12. The lowest BCUT2D eigenvalue weighted by Gasteiger charge is -2.32. The minimum absolute atomic E-state index is 0.141. The third-order valence-corrected chi connectivity index (χ3v) is 7.84. The highest BCUT2D eigenvalue weighted by Gasteiger charge is 2.23. The number of carboxylic acids is 1. The summed E-state index contributed by atoms with van der Waals surface area (Å²) in [6.45, 7) is 4.42. The Morgan fingerprint density at radius 2 is 2.25 bits per heavy atom. The van der Waals surface area contributed by atoms with Crippen LogP contribution in [0.1, 0.15) is 43.4 Å². The summed E-state index contributed by atoms with van der Waals surface area (Å²) in [5.41, 5.74) is 3.31. The zero-order chi connectivity index (χ0) is 24.7. The van der Waals surface area contributed by atoms with Gasteiger partial charge in [-0.25, -0.2) is 19.7 Å². The summed E-state index contributed by atoms with van der Waals surface area (Å²) >= 11 is 1.50. The molecule has 0 unspecified atom stereocenters. The van der Waals surface area contributed by atoms with Gasteiger partial charge in [-0.2, -0.15) is 0 Å². The predicted molar refractivity (Wildman–Crippen MR) is 142 cm³/mol. The number of fused-ring (bicyclic) bond motifs is 2. The summed E-state index contributed by atoms with van der Waals surface area (Å²) in [5, 5.41) is 18.1. The Labute approximate surface area is 215 Å². The van der Waals surface area contributed by atoms with Gasteiger partial charge in [-0.1, -0.05) is 6.07 Å². The second-order valence-electron chi connectivity index (χ2n) is 9.56. The van der Waals surface area contributed by atoms with Crippen molar-refractivity contribution < 1.29 is 14.6 Å². The van der Waals surface area contributed by atoms with Crippen LogP contribution in [0, 0.1) is 0 Å². The van der Waals surface area contributed by atoms with Gasteiger partial charge in [-0.3, -0.25) is 0 Å². The smallest absolute Gasteiger partial charge is 0.326 e. The summed E-state index contributed by atoms with van der Waals surface area (Å²) < 4.78 is 7.00. The zero-order valence-electron chi connectivity index (χ0n) is 20.5. The van der Waals surface area contributed by atoms with Crippen LogP contribution in [0.2, 0.25) is 0 Å². The van der Waals surface area contributed by atoms with Crippen molar-refractivity contribution in [1.82, 2.24) is 19.9 Å². The standard InChI is InChI=1S/C26H34N6O3S/c33-26(34)22(31-25-23-21(10-15-36-23)28-17-29-25)9-14-35-20-6-3-13-32(16-20)12-2-5-19-8-7-18-4-1-11-27-24(18)30-19/h7-8,10,15,17,20,22H,1-6,9,11-14,16H2,(H,27,30)(H,33,34)(H,28,29,31)/t20-,22+/m1/s1. The molecule has 1 fully saturated rings. The average Bonchev–Trinajstić information content (AvgIpc) is 3.38. The topological polar surface area (TPSA) is 112 Å². The van der Waals surface area contributed by atoms with E-state index in [2.05, 4.69) is 37.6 Å². The van der Waals surface area contributed by atoms with E-state index in [1.165, 1.54) is 29.6 Å². The van der Waals surface area contributed by atoms with Crippen LogP contribution in [0.4, 0.5) is 11.6 Å². The van der Waals surface area contributed by atoms with E-state index in [-0.39, 0.29) is 6.10 Å². The number of aliphatic carboxylic acids is 1. The number of hydrogen-bond donors (Lipinski definition) is 3. The number of nitrogens with zero attached hydrogens (tertiary/aromatic N) is 4. The van der Waals surface area contributed by atoms with Crippen molar-refractivity contribution >= 4 is 39.2 Å². The Morgan fingerprint density at radius 3 is 3.17 bits per heavy atom. The number of aryl methyl sites for hydroxylation is 2. The van der Waals surface area contributed by atoms with Crippen LogP contribution in [0.5, 0.6) is 0 Å². The largest absolute Gasteiger partial charge is 0.480 e. The molecule has 3 N–H and O–H groups in total. The molecule has 0 amide bonds.